The summed E-state index contributed by atoms with van der Waals surface area (Å²) in [4.78, 5) is 51.4. The molecule has 0 amide bonds. The summed E-state index contributed by atoms with van der Waals surface area (Å²) in [5.74, 6) is -5.19. The van der Waals surface area contributed by atoms with Gasteiger partial charge in [-0.3, -0.25) is 14.4 Å². The van der Waals surface area contributed by atoms with E-state index in [1.807, 2.05) is 13.8 Å². The molecule has 4 atom stereocenters. The second kappa shape index (κ2) is 10.5. The van der Waals surface area contributed by atoms with Gasteiger partial charge in [-0.05, 0) is 31.3 Å². The van der Waals surface area contributed by atoms with Crippen molar-refractivity contribution in [3.63, 3.8) is 0 Å². The van der Waals surface area contributed by atoms with Crippen LogP contribution in [0.4, 0.5) is 0 Å². The van der Waals surface area contributed by atoms with Crippen LogP contribution in [0.1, 0.15) is 52.4 Å². The third kappa shape index (κ3) is 4.35. The maximum atomic E-state index is 13.4. The van der Waals surface area contributed by atoms with E-state index in [0.29, 0.717) is 18.4 Å². The zero-order valence-electron chi connectivity index (χ0n) is 18.5. The van der Waals surface area contributed by atoms with Crippen molar-refractivity contribution < 1.29 is 33.4 Å². The Morgan fingerprint density at radius 1 is 0.867 bits per heavy atom. The lowest BCUT2D eigenvalue weighted by atomic mass is 9.65. The van der Waals surface area contributed by atoms with Gasteiger partial charge in [0.25, 0.3) is 0 Å². The van der Waals surface area contributed by atoms with Crippen LogP contribution in [0.5, 0.6) is 0 Å². The zero-order chi connectivity index (χ0) is 22.4. The van der Waals surface area contributed by atoms with E-state index in [1.165, 1.54) is 21.3 Å². The Morgan fingerprint density at radius 2 is 1.47 bits per heavy atom. The molecule has 0 saturated heterocycles. The fraction of sp³-hybridized carbons (Fsp3) is 0.652. The summed E-state index contributed by atoms with van der Waals surface area (Å²) in [7, 11) is 3.81. The van der Waals surface area contributed by atoms with E-state index in [4.69, 9.17) is 14.2 Å². The number of carbonyl (C=O) groups is 4. The number of rotatable bonds is 9. The highest BCUT2D eigenvalue weighted by atomic mass is 16.5. The van der Waals surface area contributed by atoms with Gasteiger partial charge in [0.15, 0.2) is 5.78 Å². The largest absolute Gasteiger partial charge is 0.469 e. The predicted octanol–water partition coefficient (Wildman–Crippen LogP) is 3.17. The van der Waals surface area contributed by atoms with E-state index in [1.54, 1.807) is 6.08 Å². The molecule has 0 radical (unpaired) electrons. The van der Waals surface area contributed by atoms with Crippen LogP contribution in [-0.2, 0) is 33.4 Å². The molecule has 7 nitrogen and oxygen atoms in total. The summed E-state index contributed by atoms with van der Waals surface area (Å²) >= 11 is 0. The van der Waals surface area contributed by atoms with Crippen LogP contribution >= 0.6 is 0 Å². The normalized spacial score (nSPS) is 25.5. The second-order valence-electron chi connectivity index (χ2n) is 7.81. The third-order valence-corrected chi connectivity index (χ3v) is 6.14. The minimum atomic E-state index is -0.868. The van der Waals surface area contributed by atoms with E-state index < -0.39 is 47.4 Å². The minimum Gasteiger partial charge on any atom is -0.469 e. The highest BCUT2D eigenvalue weighted by Crippen LogP contribution is 2.52. The number of Topliss-reactive ketones (excluding diaryl/α,β-unsaturated/α-hetero) is 1. The number of methoxy groups -OCH3 is 3. The van der Waals surface area contributed by atoms with Crippen molar-refractivity contribution >= 4 is 23.7 Å². The molecule has 2 rings (SSSR count). The van der Waals surface area contributed by atoms with Crippen LogP contribution in [0.2, 0.25) is 0 Å². The molecular formula is C23H32O7. The van der Waals surface area contributed by atoms with Crippen LogP contribution in [0.15, 0.2) is 22.8 Å². The standard InChI is InChI=1S/C23H32O7/c1-6-8-10-13-12-15(21(25)28-3)18-17(16(13)22(26)29-4)14(11-9-7-2)19(20(18)24)23(27)30-5/h12,15-18H,6-11H2,1-5H3/t15-,16-,17-,18+/m1/s1. The Balaban J connectivity index is 2.71. The van der Waals surface area contributed by atoms with E-state index in [0.717, 1.165) is 31.3 Å². The van der Waals surface area contributed by atoms with Crippen molar-refractivity contribution in [3.8, 4) is 0 Å². The summed E-state index contributed by atoms with van der Waals surface area (Å²) in [6.07, 6.45) is 6.12. The van der Waals surface area contributed by atoms with Crippen LogP contribution in [-0.4, -0.2) is 45.0 Å². The molecule has 0 bridgehead atoms. The fourth-order valence-corrected chi connectivity index (χ4v) is 4.72. The van der Waals surface area contributed by atoms with Crippen molar-refractivity contribution in [1.82, 2.24) is 0 Å². The molecule has 30 heavy (non-hydrogen) atoms. The third-order valence-electron chi connectivity index (χ3n) is 6.14. The molecule has 0 spiro atoms. The van der Waals surface area contributed by atoms with Gasteiger partial charge in [0.1, 0.15) is 5.57 Å². The van der Waals surface area contributed by atoms with Gasteiger partial charge in [-0.15, -0.1) is 0 Å². The van der Waals surface area contributed by atoms with Gasteiger partial charge in [0.05, 0.1) is 33.2 Å². The smallest absolute Gasteiger partial charge is 0.341 e. The summed E-state index contributed by atoms with van der Waals surface area (Å²) in [6, 6.07) is 0. The van der Waals surface area contributed by atoms with Crippen molar-refractivity contribution in [3.05, 3.63) is 22.8 Å². The van der Waals surface area contributed by atoms with Crippen LogP contribution in [0, 0.1) is 23.7 Å². The molecule has 0 aliphatic heterocycles. The Morgan fingerprint density at radius 3 is 2.00 bits per heavy atom. The molecule has 0 fully saturated rings. The number of allylic oxidation sites excluding steroid dienone is 1. The number of fused-ring (bicyclic) bond motifs is 1. The quantitative estimate of drug-likeness (QED) is 0.245. The van der Waals surface area contributed by atoms with Crippen molar-refractivity contribution in [2.45, 2.75) is 52.4 Å². The Bertz CT molecular complexity index is 762. The summed E-state index contributed by atoms with van der Waals surface area (Å²) in [6.45, 7) is 4.05. The fourth-order valence-electron chi connectivity index (χ4n) is 4.72. The Kier molecular flexibility index (Phi) is 8.38. The first-order valence-corrected chi connectivity index (χ1v) is 10.6. The van der Waals surface area contributed by atoms with Gasteiger partial charge < -0.3 is 14.2 Å². The van der Waals surface area contributed by atoms with Crippen molar-refractivity contribution in [1.29, 1.82) is 0 Å². The van der Waals surface area contributed by atoms with E-state index in [2.05, 4.69) is 0 Å². The van der Waals surface area contributed by atoms with E-state index >= 15 is 0 Å². The molecule has 7 heteroatoms. The number of unbranched alkanes of at least 4 members (excludes halogenated alkanes) is 2. The number of carbonyl (C=O) groups excluding carboxylic acids is 4. The molecule has 0 saturated carbocycles. The SMILES string of the molecule is CCCCC1=C[C@@H](C(=O)OC)[C@@H]2C(=O)C(C(=O)OC)=C(CCCC)[C@@H]2[C@@H]1C(=O)OC. The summed E-state index contributed by atoms with van der Waals surface area (Å²) in [5, 5.41) is 0. The van der Waals surface area contributed by atoms with Gasteiger partial charge in [-0.2, -0.15) is 0 Å². The minimum absolute atomic E-state index is 0.0195. The molecule has 2 aliphatic carbocycles. The van der Waals surface area contributed by atoms with Gasteiger partial charge >= 0.3 is 17.9 Å². The number of hydrogen-bond acceptors (Lipinski definition) is 7. The van der Waals surface area contributed by atoms with Gasteiger partial charge in [0.2, 0.25) is 0 Å². The monoisotopic (exact) mass is 420 g/mol. The number of ketones is 1. The molecule has 0 aromatic rings. The van der Waals surface area contributed by atoms with Crippen molar-refractivity contribution in [2.75, 3.05) is 21.3 Å². The Hall–Kier alpha value is -2.44. The maximum absolute atomic E-state index is 13.4. The Labute approximate surface area is 177 Å². The lowest BCUT2D eigenvalue weighted by Crippen LogP contribution is -2.43. The van der Waals surface area contributed by atoms with E-state index in [-0.39, 0.29) is 5.57 Å². The first kappa shape index (κ1) is 23.8. The van der Waals surface area contributed by atoms with Crippen molar-refractivity contribution in [2.24, 2.45) is 23.7 Å². The molecule has 0 unspecified atom stereocenters. The zero-order valence-corrected chi connectivity index (χ0v) is 18.5. The molecule has 166 valence electrons. The van der Waals surface area contributed by atoms with Gasteiger partial charge in [-0.1, -0.05) is 38.3 Å². The molecule has 2 aliphatic rings. The molecule has 0 N–H and O–H groups in total. The summed E-state index contributed by atoms with van der Waals surface area (Å²) < 4.78 is 15.0. The number of ether oxygens (including phenoxy) is 3. The molecule has 0 heterocycles. The number of hydrogen-bond donors (Lipinski definition) is 0. The van der Waals surface area contributed by atoms with Gasteiger partial charge in [-0.25, -0.2) is 4.79 Å². The highest BCUT2D eigenvalue weighted by Gasteiger charge is 2.56. The second-order valence-corrected chi connectivity index (χ2v) is 7.81. The first-order chi connectivity index (χ1) is 14.4. The highest BCUT2D eigenvalue weighted by molar-refractivity contribution is 6.22. The van der Waals surface area contributed by atoms with Crippen LogP contribution in [0.3, 0.4) is 0 Å². The number of esters is 3. The average molecular weight is 421 g/mol. The first-order valence-electron chi connectivity index (χ1n) is 10.6. The molecular weight excluding hydrogens is 388 g/mol. The van der Waals surface area contributed by atoms with Gasteiger partial charge in [0, 0.05) is 11.8 Å². The van der Waals surface area contributed by atoms with Crippen LogP contribution < -0.4 is 0 Å². The van der Waals surface area contributed by atoms with E-state index in [9.17, 15) is 19.2 Å². The topological polar surface area (TPSA) is 96.0 Å². The molecule has 0 aromatic heterocycles. The predicted molar refractivity (Wildman–Crippen MR) is 109 cm³/mol. The lowest BCUT2D eigenvalue weighted by molar-refractivity contribution is -0.153. The summed E-state index contributed by atoms with van der Waals surface area (Å²) in [5.41, 5.74) is 1.35. The lowest BCUT2D eigenvalue weighted by Gasteiger charge is -2.37. The maximum Gasteiger partial charge on any atom is 0.341 e. The average Bonchev–Trinajstić information content (AvgIpc) is 3.05. The molecule has 0 aromatic carbocycles. The van der Waals surface area contributed by atoms with Crippen LogP contribution in [0.25, 0.3) is 0 Å².